The molecule has 1 aromatic heterocycles. The van der Waals surface area contributed by atoms with E-state index in [2.05, 4.69) is 34.9 Å². The number of aliphatic imine (C=N–C) groups is 1. The molecule has 0 N–H and O–H groups in total. The molecule has 0 amide bonds. The number of esters is 1. The van der Waals surface area contributed by atoms with Crippen molar-refractivity contribution in [2.75, 3.05) is 6.61 Å². The van der Waals surface area contributed by atoms with Crippen LogP contribution in [0, 0.1) is 0 Å². The van der Waals surface area contributed by atoms with Gasteiger partial charge in [-0.15, -0.1) is 0 Å². The van der Waals surface area contributed by atoms with E-state index in [9.17, 15) is 4.79 Å². The number of carbonyl (C=O) groups is 1. The molecule has 0 bridgehead atoms. The molecule has 4 nitrogen and oxygen atoms in total. The minimum absolute atomic E-state index is 0.330. The quantitative estimate of drug-likeness (QED) is 0.165. The summed E-state index contributed by atoms with van der Waals surface area (Å²) in [6.07, 6.45) is 1.89. The smallest absolute Gasteiger partial charge is 0.338 e. The molecule has 0 fully saturated rings. The Kier molecular flexibility index (Phi) is 7.29. The second kappa shape index (κ2) is 11.1. The zero-order valence-electron chi connectivity index (χ0n) is 20.3. The molecule has 5 aromatic rings. The van der Waals surface area contributed by atoms with E-state index in [4.69, 9.17) is 21.3 Å². The van der Waals surface area contributed by atoms with Crippen LogP contribution in [0.2, 0.25) is 5.02 Å². The summed E-state index contributed by atoms with van der Waals surface area (Å²) in [7, 11) is 0. The third-order valence-electron chi connectivity index (χ3n) is 5.96. The number of ether oxygens (including phenoxy) is 1. The van der Waals surface area contributed by atoms with Crippen molar-refractivity contribution in [2.24, 2.45) is 4.99 Å². The molecule has 1 heterocycles. The number of hydrogen-bond donors (Lipinski definition) is 0. The molecule has 0 aliphatic heterocycles. The van der Waals surface area contributed by atoms with E-state index in [0.29, 0.717) is 17.2 Å². The largest absolute Gasteiger partial charge is 0.462 e. The van der Waals surface area contributed by atoms with Crippen molar-refractivity contribution in [2.45, 2.75) is 6.92 Å². The average Bonchev–Trinajstić information content (AvgIpc) is 3.33. The average molecular weight is 505 g/mol. The van der Waals surface area contributed by atoms with Gasteiger partial charge in [-0.3, -0.25) is 4.99 Å². The number of benzene rings is 4. The molecule has 0 saturated carbocycles. The van der Waals surface area contributed by atoms with Gasteiger partial charge in [-0.1, -0.05) is 72.3 Å². The fourth-order valence-corrected chi connectivity index (χ4v) is 4.37. The number of halogens is 1. The molecule has 0 saturated heterocycles. The number of rotatable bonds is 7. The number of carbonyl (C=O) groups excluding carboxylic acids is 1. The van der Waals surface area contributed by atoms with Gasteiger partial charge in [0.25, 0.3) is 0 Å². The molecule has 182 valence electrons. The minimum Gasteiger partial charge on any atom is -0.462 e. The summed E-state index contributed by atoms with van der Waals surface area (Å²) in [5.41, 5.74) is 7.37. The first kappa shape index (κ1) is 24.3. The van der Waals surface area contributed by atoms with Gasteiger partial charge in [-0.25, -0.2) is 4.79 Å². The zero-order valence-corrected chi connectivity index (χ0v) is 21.1. The van der Waals surface area contributed by atoms with Crippen molar-refractivity contribution in [3.05, 3.63) is 131 Å². The van der Waals surface area contributed by atoms with Crippen molar-refractivity contribution in [1.29, 1.82) is 0 Å². The van der Waals surface area contributed by atoms with E-state index < -0.39 is 0 Å². The molecule has 5 heteroatoms. The van der Waals surface area contributed by atoms with Crippen molar-refractivity contribution in [3.63, 3.8) is 0 Å². The standard InChI is InChI=1S/C32H25ClN2O2/c1-2-37-32(36)25-13-19-29(20-14-25)35-30(23-9-5-3-6-10-23)21-26(31(35)24-11-7-4-8-12-24)22-34-28-17-15-27(33)16-18-28/h3-22H,2H2,1H3. The lowest BCUT2D eigenvalue weighted by atomic mass is 10.1. The van der Waals surface area contributed by atoms with Crippen LogP contribution in [0.3, 0.4) is 0 Å². The lowest BCUT2D eigenvalue weighted by molar-refractivity contribution is 0.0526. The van der Waals surface area contributed by atoms with E-state index in [-0.39, 0.29) is 5.97 Å². The Bertz CT molecular complexity index is 1520. The first-order valence-corrected chi connectivity index (χ1v) is 12.5. The Hall–Kier alpha value is -4.41. The van der Waals surface area contributed by atoms with Crippen LogP contribution in [-0.2, 0) is 4.74 Å². The highest BCUT2D eigenvalue weighted by Gasteiger charge is 2.19. The Balaban J connectivity index is 1.71. The van der Waals surface area contributed by atoms with Crippen molar-refractivity contribution < 1.29 is 9.53 Å². The highest BCUT2D eigenvalue weighted by molar-refractivity contribution is 6.30. The molecule has 0 spiro atoms. The molecule has 0 aliphatic rings. The Labute approximate surface area is 221 Å². The minimum atomic E-state index is -0.330. The number of aromatic nitrogens is 1. The Morgan fingerprint density at radius 1 is 0.838 bits per heavy atom. The third-order valence-corrected chi connectivity index (χ3v) is 6.21. The van der Waals surface area contributed by atoms with Gasteiger partial charge in [-0.2, -0.15) is 0 Å². The van der Waals surface area contributed by atoms with Crippen LogP contribution >= 0.6 is 11.6 Å². The van der Waals surface area contributed by atoms with Crippen molar-refractivity contribution in [3.8, 4) is 28.2 Å². The van der Waals surface area contributed by atoms with Gasteiger partial charge < -0.3 is 9.30 Å². The van der Waals surface area contributed by atoms with Gasteiger partial charge in [0.15, 0.2) is 0 Å². The monoisotopic (exact) mass is 504 g/mol. The summed E-state index contributed by atoms with van der Waals surface area (Å²) >= 11 is 6.06. The van der Waals surface area contributed by atoms with E-state index >= 15 is 0 Å². The number of hydrogen-bond acceptors (Lipinski definition) is 3. The first-order chi connectivity index (χ1) is 18.1. The molecule has 5 rings (SSSR count). The zero-order chi connectivity index (χ0) is 25.6. The van der Waals surface area contributed by atoms with Crippen molar-refractivity contribution >= 4 is 29.5 Å². The SMILES string of the molecule is CCOC(=O)c1ccc(-n2c(-c3ccccc3)cc(C=Nc3ccc(Cl)cc3)c2-c2ccccc2)cc1. The van der Waals surface area contributed by atoms with E-state index in [1.165, 1.54) is 0 Å². The molecular formula is C32H25ClN2O2. The second-order valence-electron chi connectivity index (χ2n) is 8.40. The highest BCUT2D eigenvalue weighted by Crippen LogP contribution is 2.35. The van der Waals surface area contributed by atoms with E-state index in [0.717, 1.165) is 39.5 Å². The fraction of sp³-hybridized carbons (Fsp3) is 0.0625. The van der Waals surface area contributed by atoms with Gasteiger partial charge in [0, 0.05) is 22.5 Å². The van der Waals surface area contributed by atoms with Crippen LogP contribution in [0.15, 0.2) is 120 Å². The van der Waals surface area contributed by atoms with Crippen LogP contribution < -0.4 is 0 Å². The van der Waals surface area contributed by atoms with Crippen LogP contribution in [0.4, 0.5) is 5.69 Å². The molecular weight excluding hydrogens is 480 g/mol. The predicted molar refractivity (Wildman–Crippen MR) is 151 cm³/mol. The van der Waals surface area contributed by atoms with Crippen LogP contribution in [0.5, 0.6) is 0 Å². The Morgan fingerprint density at radius 3 is 2.08 bits per heavy atom. The third kappa shape index (κ3) is 5.40. The summed E-state index contributed by atoms with van der Waals surface area (Å²) in [5.74, 6) is -0.330. The van der Waals surface area contributed by atoms with E-state index in [1.54, 1.807) is 19.1 Å². The fourth-order valence-electron chi connectivity index (χ4n) is 4.24. The maximum atomic E-state index is 12.3. The maximum Gasteiger partial charge on any atom is 0.338 e. The predicted octanol–water partition coefficient (Wildman–Crippen LogP) is 8.39. The molecule has 0 aliphatic carbocycles. The van der Waals surface area contributed by atoms with Gasteiger partial charge in [0.2, 0.25) is 0 Å². The molecule has 4 aromatic carbocycles. The molecule has 0 radical (unpaired) electrons. The number of nitrogens with zero attached hydrogens (tertiary/aromatic N) is 2. The summed E-state index contributed by atoms with van der Waals surface area (Å²) in [4.78, 5) is 17.0. The summed E-state index contributed by atoms with van der Waals surface area (Å²) in [6, 6.07) is 37.6. The van der Waals surface area contributed by atoms with Crippen LogP contribution in [0.25, 0.3) is 28.2 Å². The van der Waals surface area contributed by atoms with Crippen molar-refractivity contribution in [1.82, 2.24) is 4.57 Å². The molecule has 37 heavy (non-hydrogen) atoms. The topological polar surface area (TPSA) is 43.6 Å². The lowest BCUT2D eigenvalue weighted by Gasteiger charge is -2.15. The van der Waals surface area contributed by atoms with Crippen LogP contribution in [0.1, 0.15) is 22.8 Å². The summed E-state index contributed by atoms with van der Waals surface area (Å²) in [6.45, 7) is 2.14. The van der Waals surface area contributed by atoms with Gasteiger partial charge >= 0.3 is 5.97 Å². The van der Waals surface area contributed by atoms with Gasteiger partial charge in [0.1, 0.15) is 0 Å². The normalized spacial score (nSPS) is 11.1. The lowest BCUT2D eigenvalue weighted by Crippen LogP contribution is -2.05. The first-order valence-electron chi connectivity index (χ1n) is 12.1. The highest BCUT2D eigenvalue weighted by atomic mass is 35.5. The second-order valence-corrected chi connectivity index (χ2v) is 8.84. The summed E-state index contributed by atoms with van der Waals surface area (Å²) in [5, 5.41) is 0.674. The Morgan fingerprint density at radius 2 is 1.46 bits per heavy atom. The molecule has 0 atom stereocenters. The van der Waals surface area contributed by atoms with Gasteiger partial charge in [0.05, 0.1) is 29.2 Å². The summed E-state index contributed by atoms with van der Waals surface area (Å²) < 4.78 is 7.38. The van der Waals surface area contributed by atoms with Crippen LogP contribution in [-0.4, -0.2) is 23.4 Å². The van der Waals surface area contributed by atoms with Gasteiger partial charge in [-0.05, 0) is 72.6 Å². The molecule has 0 unspecified atom stereocenters. The van der Waals surface area contributed by atoms with E-state index in [1.807, 2.05) is 79.0 Å². The maximum absolute atomic E-state index is 12.3.